The molecule has 0 spiro atoms. The fourth-order valence-electron chi connectivity index (χ4n) is 4.76. The summed E-state index contributed by atoms with van der Waals surface area (Å²) in [6.07, 6.45) is 1.73. The zero-order valence-electron chi connectivity index (χ0n) is 21.8. The quantitative estimate of drug-likeness (QED) is 0.248. The number of anilines is 3. The van der Waals surface area contributed by atoms with Crippen LogP contribution in [0.2, 0.25) is 0 Å². The van der Waals surface area contributed by atoms with Gasteiger partial charge in [0, 0.05) is 40.9 Å². The first-order valence-electron chi connectivity index (χ1n) is 12.8. The number of hydrogen-bond donors (Lipinski definition) is 3. The summed E-state index contributed by atoms with van der Waals surface area (Å²) in [4.78, 5) is 53.5. The van der Waals surface area contributed by atoms with E-state index in [0.717, 1.165) is 0 Å². The summed E-state index contributed by atoms with van der Waals surface area (Å²) in [5.74, 6) is -0.802. The SMILES string of the molecule is Cc1c(=O)n(C)c(Nc2ccc(I)cc2F)c2c(=O)n(C3CC3)c(=O)n(-c3cccc(NC(=O)CCCO)c3)c12. The highest BCUT2D eigenvalue weighted by Gasteiger charge is 2.31. The van der Waals surface area contributed by atoms with Gasteiger partial charge in [0.1, 0.15) is 17.0 Å². The first-order valence-corrected chi connectivity index (χ1v) is 13.8. The van der Waals surface area contributed by atoms with Gasteiger partial charge in [0.05, 0.1) is 16.9 Å². The van der Waals surface area contributed by atoms with Crippen molar-refractivity contribution in [3.63, 3.8) is 0 Å². The maximum Gasteiger partial charge on any atom is 0.336 e. The Kier molecular flexibility index (Phi) is 7.64. The molecule has 2 heterocycles. The third kappa shape index (κ3) is 5.08. The van der Waals surface area contributed by atoms with Gasteiger partial charge in [-0.05, 0) is 85.2 Å². The molecule has 1 aliphatic rings. The molecule has 0 atom stereocenters. The van der Waals surface area contributed by atoms with Gasteiger partial charge in [0.2, 0.25) is 5.91 Å². The molecule has 0 radical (unpaired) electrons. The summed E-state index contributed by atoms with van der Waals surface area (Å²) >= 11 is 1.99. The number of halogens is 2. The number of nitrogens with one attached hydrogen (secondary N) is 2. The minimum absolute atomic E-state index is 0.0623. The van der Waals surface area contributed by atoms with Crippen molar-refractivity contribution in [2.45, 2.75) is 38.6 Å². The number of pyridine rings is 1. The minimum atomic E-state index is -0.605. The average molecular weight is 659 g/mol. The molecule has 0 aliphatic heterocycles. The highest BCUT2D eigenvalue weighted by Crippen LogP contribution is 2.34. The van der Waals surface area contributed by atoms with E-state index in [1.807, 2.05) is 22.6 Å². The number of aliphatic hydroxyl groups is 1. The van der Waals surface area contributed by atoms with Crippen molar-refractivity contribution in [3.8, 4) is 5.69 Å². The minimum Gasteiger partial charge on any atom is -0.396 e. The van der Waals surface area contributed by atoms with Gasteiger partial charge in [-0.3, -0.25) is 28.1 Å². The smallest absolute Gasteiger partial charge is 0.336 e. The molecule has 3 N–H and O–H groups in total. The van der Waals surface area contributed by atoms with Crippen LogP contribution in [0.15, 0.2) is 56.8 Å². The Balaban J connectivity index is 1.80. The number of amides is 1. The van der Waals surface area contributed by atoms with E-state index in [2.05, 4.69) is 10.6 Å². The highest BCUT2D eigenvalue weighted by atomic mass is 127. The molecule has 0 bridgehead atoms. The monoisotopic (exact) mass is 659 g/mol. The maximum atomic E-state index is 14.9. The predicted octanol–water partition coefficient (Wildman–Crippen LogP) is 3.69. The lowest BCUT2D eigenvalue weighted by Crippen LogP contribution is -2.41. The van der Waals surface area contributed by atoms with Crippen LogP contribution in [0.4, 0.5) is 21.6 Å². The van der Waals surface area contributed by atoms with Gasteiger partial charge >= 0.3 is 5.69 Å². The Labute approximate surface area is 241 Å². The first-order chi connectivity index (χ1) is 19.1. The molecule has 5 rings (SSSR count). The first kappa shape index (κ1) is 27.8. The summed E-state index contributed by atoms with van der Waals surface area (Å²) in [5.41, 5.74) is -0.550. The van der Waals surface area contributed by atoms with Gasteiger partial charge in [0.15, 0.2) is 0 Å². The van der Waals surface area contributed by atoms with Crippen molar-refractivity contribution in [1.82, 2.24) is 13.7 Å². The summed E-state index contributed by atoms with van der Waals surface area (Å²) in [5, 5.41) is 14.8. The van der Waals surface area contributed by atoms with Crippen molar-refractivity contribution in [2.75, 3.05) is 17.2 Å². The fourth-order valence-corrected chi connectivity index (χ4v) is 5.21. The Hall–Kier alpha value is -3.78. The van der Waals surface area contributed by atoms with Crippen LogP contribution in [0.5, 0.6) is 0 Å². The molecule has 4 aromatic rings. The molecular formula is C28H27FIN5O5. The van der Waals surface area contributed by atoms with Crippen LogP contribution >= 0.6 is 22.6 Å². The molecule has 0 saturated heterocycles. The van der Waals surface area contributed by atoms with Crippen LogP contribution in [0, 0.1) is 16.3 Å². The predicted molar refractivity (Wildman–Crippen MR) is 159 cm³/mol. The number of benzene rings is 2. The Morgan fingerprint density at radius 3 is 2.55 bits per heavy atom. The lowest BCUT2D eigenvalue weighted by atomic mass is 10.1. The second-order valence-electron chi connectivity index (χ2n) is 9.76. The average Bonchev–Trinajstić information content (AvgIpc) is 3.75. The summed E-state index contributed by atoms with van der Waals surface area (Å²) < 4.78 is 19.3. The summed E-state index contributed by atoms with van der Waals surface area (Å²) in [6.45, 7) is 1.42. The standard InChI is InChI=1S/C28H27FIN5O5/c1-15-24-23(25(33(2)26(15)38)32-21-11-8-16(30)13-20(21)29)27(39)35(18-9-10-18)28(40)34(24)19-6-3-5-17(14-19)31-22(37)7-4-12-36/h3,5-6,8,11,13-14,18,32,36H,4,7,9-10,12H2,1-2H3,(H,31,37). The van der Waals surface area contributed by atoms with E-state index in [-0.39, 0.29) is 52.9 Å². The molecule has 2 aromatic heterocycles. The molecule has 0 unspecified atom stereocenters. The number of nitrogens with zero attached hydrogens (tertiary/aromatic N) is 3. The van der Waals surface area contributed by atoms with Crippen LogP contribution in [0.25, 0.3) is 16.6 Å². The largest absolute Gasteiger partial charge is 0.396 e. The Morgan fingerprint density at radius 1 is 1.12 bits per heavy atom. The molecule has 10 nitrogen and oxygen atoms in total. The van der Waals surface area contributed by atoms with Crippen molar-refractivity contribution in [1.29, 1.82) is 0 Å². The van der Waals surface area contributed by atoms with Gasteiger partial charge < -0.3 is 15.7 Å². The van der Waals surface area contributed by atoms with E-state index in [4.69, 9.17) is 5.11 Å². The number of aliphatic hydroxyl groups excluding tert-OH is 1. The van der Waals surface area contributed by atoms with Gasteiger partial charge in [0.25, 0.3) is 11.1 Å². The zero-order valence-corrected chi connectivity index (χ0v) is 24.0. The van der Waals surface area contributed by atoms with Gasteiger partial charge in [-0.1, -0.05) is 6.07 Å². The van der Waals surface area contributed by atoms with Crippen LogP contribution in [0.1, 0.15) is 37.3 Å². The summed E-state index contributed by atoms with van der Waals surface area (Å²) in [6, 6.07) is 10.8. The molecule has 1 fully saturated rings. The number of rotatable bonds is 8. The van der Waals surface area contributed by atoms with E-state index in [0.29, 0.717) is 34.2 Å². The molecule has 1 amide bonds. The molecule has 1 saturated carbocycles. The van der Waals surface area contributed by atoms with E-state index in [1.165, 1.54) is 39.8 Å². The zero-order chi connectivity index (χ0) is 28.7. The van der Waals surface area contributed by atoms with Crippen LogP contribution in [0.3, 0.4) is 0 Å². The van der Waals surface area contributed by atoms with Crippen molar-refractivity contribution in [3.05, 3.63) is 88.6 Å². The number of aromatic nitrogens is 3. The number of fused-ring (bicyclic) bond motifs is 1. The number of carbonyl (C=O) groups excluding carboxylic acids is 1. The van der Waals surface area contributed by atoms with Crippen molar-refractivity contribution >= 4 is 56.6 Å². The molecule has 1 aliphatic carbocycles. The van der Waals surface area contributed by atoms with Crippen molar-refractivity contribution < 1.29 is 14.3 Å². The van der Waals surface area contributed by atoms with Crippen molar-refractivity contribution in [2.24, 2.45) is 7.05 Å². The summed E-state index contributed by atoms with van der Waals surface area (Å²) in [7, 11) is 1.49. The Bertz CT molecular complexity index is 1840. The van der Waals surface area contributed by atoms with Crippen LogP contribution < -0.4 is 27.4 Å². The molecule has 12 heteroatoms. The molecule has 208 valence electrons. The number of carbonyl (C=O) groups is 1. The fraction of sp³-hybridized carbons (Fsp3) is 0.286. The third-order valence-corrected chi connectivity index (χ3v) is 7.56. The van der Waals surface area contributed by atoms with E-state index < -0.39 is 22.6 Å². The van der Waals surface area contributed by atoms with Crippen LogP contribution in [-0.2, 0) is 11.8 Å². The van der Waals surface area contributed by atoms with Crippen LogP contribution in [-0.4, -0.2) is 31.3 Å². The Morgan fingerprint density at radius 2 is 1.88 bits per heavy atom. The molecule has 2 aromatic carbocycles. The molecule has 40 heavy (non-hydrogen) atoms. The second-order valence-corrected chi connectivity index (χ2v) is 11.0. The lowest BCUT2D eigenvalue weighted by molar-refractivity contribution is -0.116. The third-order valence-electron chi connectivity index (χ3n) is 6.89. The highest BCUT2D eigenvalue weighted by molar-refractivity contribution is 14.1. The van der Waals surface area contributed by atoms with E-state index >= 15 is 0 Å². The topological polar surface area (TPSA) is 127 Å². The second kappa shape index (κ2) is 11.0. The van der Waals surface area contributed by atoms with Gasteiger partial charge in [-0.2, -0.15) is 0 Å². The van der Waals surface area contributed by atoms with E-state index in [9.17, 15) is 23.6 Å². The lowest BCUT2D eigenvalue weighted by Gasteiger charge is -2.21. The van der Waals surface area contributed by atoms with E-state index in [1.54, 1.807) is 30.3 Å². The van der Waals surface area contributed by atoms with Gasteiger partial charge in [-0.25, -0.2) is 9.18 Å². The normalized spacial score (nSPS) is 13.0. The maximum absolute atomic E-state index is 14.9. The number of hydrogen-bond acceptors (Lipinski definition) is 6. The van der Waals surface area contributed by atoms with Gasteiger partial charge in [-0.15, -0.1) is 0 Å². The number of aryl methyl sites for hydroxylation is 1. The molecular weight excluding hydrogens is 632 g/mol.